The van der Waals surface area contributed by atoms with Crippen molar-refractivity contribution in [1.29, 1.82) is 0 Å². The Morgan fingerprint density at radius 3 is 2.12 bits per heavy atom. The molecule has 0 saturated heterocycles. The van der Waals surface area contributed by atoms with E-state index in [9.17, 15) is 14.0 Å². The van der Waals surface area contributed by atoms with Gasteiger partial charge in [0.2, 0.25) is 11.8 Å². The van der Waals surface area contributed by atoms with Crippen LogP contribution >= 0.6 is 0 Å². The molecule has 2 rings (SSSR count). The Morgan fingerprint density at radius 2 is 1.52 bits per heavy atom. The number of benzene rings is 2. The van der Waals surface area contributed by atoms with Crippen LogP contribution in [0, 0.1) is 19.7 Å². The molecular weight excluding hydrogens is 321 g/mol. The molecule has 0 radical (unpaired) electrons. The van der Waals surface area contributed by atoms with Gasteiger partial charge in [0.1, 0.15) is 5.82 Å². The van der Waals surface area contributed by atoms with Crippen LogP contribution in [0.5, 0.6) is 0 Å². The molecule has 25 heavy (non-hydrogen) atoms. The Labute approximate surface area is 146 Å². The van der Waals surface area contributed by atoms with E-state index in [4.69, 9.17) is 0 Å². The van der Waals surface area contributed by atoms with Crippen LogP contribution in [-0.4, -0.2) is 36.9 Å². The Balaban J connectivity index is 1.86. The van der Waals surface area contributed by atoms with Crippen molar-refractivity contribution < 1.29 is 14.0 Å². The predicted molar refractivity (Wildman–Crippen MR) is 97.1 cm³/mol. The molecule has 0 aromatic heterocycles. The van der Waals surface area contributed by atoms with Crippen LogP contribution in [0.4, 0.5) is 15.8 Å². The largest absolute Gasteiger partial charge is 0.325 e. The summed E-state index contributed by atoms with van der Waals surface area (Å²) in [6, 6.07) is 11.5. The van der Waals surface area contributed by atoms with E-state index in [1.807, 2.05) is 32.0 Å². The summed E-state index contributed by atoms with van der Waals surface area (Å²) in [5, 5.41) is 5.48. The summed E-state index contributed by atoms with van der Waals surface area (Å²) in [4.78, 5) is 25.7. The summed E-state index contributed by atoms with van der Waals surface area (Å²) in [5.74, 6) is -0.925. The minimum Gasteiger partial charge on any atom is -0.325 e. The predicted octanol–water partition coefficient (Wildman–Crippen LogP) is 2.95. The van der Waals surface area contributed by atoms with Crippen LogP contribution in [0.25, 0.3) is 0 Å². The summed E-state index contributed by atoms with van der Waals surface area (Å²) < 4.78 is 13.1. The monoisotopic (exact) mass is 343 g/mol. The third-order valence-corrected chi connectivity index (χ3v) is 3.68. The zero-order valence-corrected chi connectivity index (χ0v) is 14.6. The average molecular weight is 343 g/mol. The highest BCUT2D eigenvalue weighted by atomic mass is 19.1. The first-order valence-electron chi connectivity index (χ1n) is 7.95. The first kappa shape index (κ1) is 18.6. The fraction of sp³-hybridized carbons (Fsp3) is 0.263. The van der Waals surface area contributed by atoms with E-state index in [0.29, 0.717) is 5.69 Å². The summed E-state index contributed by atoms with van der Waals surface area (Å²) in [6.45, 7) is 3.96. The second kappa shape index (κ2) is 8.39. The van der Waals surface area contributed by atoms with Crippen LogP contribution in [-0.2, 0) is 9.59 Å². The number of aryl methyl sites for hydroxylation is 2. The van der Waals surface area contributed by atoms with Crippen LogP contribution in [0.1, 0.15) is 11.1 Å². The second-order valence-electron chi connectivity index (χ2n) is 6.05. The highest BCUT2D eigenvalue weighted by Crippen LogP contribution is 2.19. The highest BCUT2D eigenvalue weighted by Gasteiger charge is 2.13. The number of rotatable bonds is 6. The summed E-state index contributed by atoms with van der Waals surface area (Å²) in [5.41, 5.74) is 3.16. The molecular formula is C19H22FN3O2. The van der Waals surface area contributed by atoms with Gasteiger partial charge in [0.15, 0.2) is 0 Å². The van der Waals surface area contributed by atoms with Gasteiger partial charge in [0.25, 0.3) is 0 Å². The number of anilines is 2. The van der Waals surface area contributed by atoms with Crippen molar-refractivity contribution >= 4 is 23.2 Å². The van der Waals surface area contributed by atoms with E-state index in [-0.39, 0.29) is 24.9 Å². The van der Waals surface area contributed by atoms with E-state index < -0.39 is 5.82 Å². The van der Waals surface area contributed by atoms with Crippen LogP contribution in [0.15, 0.2) is 42.5 Å². The lowest BCUT2D eigenvalue weighted by Gasteiger charge is -2.17. The number of amides is 2. The van der Waals surface area contributed by atoms with Gasteiger partial charge < -0.3 is 10.6 Å². The molecule has 0 heterocycles. The summed E-state index contributed by atoms with van der Waals surface area (Å²) in [6.07, 6.45) is 0. The maximum Gasteiger partial charge on any atom is 0.238 e. The minimum atomic E-state index is -0.417. The van der Waals surface area contributed by atoms with E-state index in [0.717, 1.165) is 16.8 Å². The molecule has 0 aliphatic heterocycles. The number of likely N-dealkylation sites (N-methyl/N-ethyl adjacent to an activating group) is 1. The molecule has 0 atom stereocenters. The molecule has 0 aliphatic carbocycles. The quantitative estimate of drug-likeness (QED) is 0.848. The number of carbonyl (C=O) groups excluding carboxylic acids is 2. The van der Waals surface area contributed by atoms with E-state index >= 15 is 0 Å². The van der Waals surface area contributed by atoms with E-state index in [2.05, 4.69) is 10.6 Å². The van der Waals surface area contributed by atoms with Gasteiger partial charge in [-0.05, 0) is 50.2 Å². The zero-order valence-electron chi connectivity index (χ0n) is 14.6. The van der Waals surface area contributed by atoms with Gasteiger partial charge in [-0.1, -0.05) is 24.3 Å². The van der Waals surface area contributed by atoms with E-state index in [1.165, 1.54) is 18.2 Å². The molecule has 2 aromatic rings. The Kier molecular flexibility index (Phi) is 6.25. The van der Waals surface area contributed by atoms with Crippen LogP contribution in [0.3, 0.4) is 0 Å². The second-order valence-corrected chi connectivity index (χ2v) is 6.05. The number of nitrogens with one attached hydrogen (secondary N) is 2. The van der Waals surface area contributed by atoms with Crippen molar-refractivity contribution in [2.24, 2.45) is 0 Å². The van der Waals surface area contributed by atoms with Gasteiger partial charge in [-0.2, -0.15) is 0 Å². The molecule has 2 amide bonds. The standard InChI is InChI=1S/C19H22FN3O2/c1-13-6-4-7-14(2)19(13)22-18(25)12-23(3)11-17(24)21-16-9-5-8-15(20)10-16/h4-10H,11-12H2,1-3H3,(H,21,24)(H,22,25). The average Bonchev–Trinajstić information content (AvgIpc) is 2.50. The van der Waals surface area contributed by atoms with Crippen LogP contribution < -0.4 is 10.6 Å². The van der Waals surface area contributed by atoms with Crippen molar-refractivity contribution in [3.63, 3.8) is 0 Å². The Hall–Kier alpha value is -2.73. The topological polar surface area (TPSA) is 61.4 Å². The van der Waals surface area contributed by atoms with Gasteiger partial charge in [-0.3, -0.25) is 14.5 Å². The molecule has 0 spiro atoms. The van der Waals surface area contributed by atoms with Gasteiger partial charge in [0, 0.05) is 11.4 Å². The number of nitrogens with zero attached hydrogens (tertiary/aromatic N) is 1. The fourth-order valence-electron chi connectivity index (χ4n) is 2.50. The summed E-state index contributed by atoms with van der Waals surface area (Å²) in [7, 11) is 1.68. The fourth-order valence-corrected chi connectivity index (χ4v) is 2.50. The maximum absolute atomic E-state index is 13.1. The first-order valence-corrected chi connectivity index (χ1v) is 7.95. The lowest BCUT2D eigenvalue weighted by molar-refractivity contribution is -0.119. The molecule has 0 aliphatic rings. The van der Waals surface area contributed by atoms with Crippen molar-refractivity contribution in [3.8, 4) is 0 Å². The molecule has 5 nitrogen and oxygen atoms in total. The third kappa shape index (κ3) is 5.69. The number of carbonyl (C=O) groups is 2. The smallest absolute Gasteiger partial charge is 0.238 e. The van der Waals surface area contributed by atoms with Crippen molar-refractivity contribution in [1.82, 2.24) is 4.90 Å². The van der Waals surface area contributed by atoms with Crippen molar-refractivity contribution in [2.45, 2.75) is 13.8 Å². The third-order valence-electron chi connectivity index (χ3n) is 3.68. The molecule has 0 unspecified atom stereocenters. The van der Waals surface area contributed by atoms with Gasteiger partial charge in [0.05, 0.1) is 13.1 Å². The molecule has 0 bridgehead atoms. The molecule has 2 aromatic carbocycles. The lowest BCUT2D eigenvalue weighted by atomic mass is 10.1. The molecule has 0 fully saturated rings. The van der Waals surface area contributed by atoms with Gasteiger partial charge in [-0.25, -0.2) is 4.39 Å². The van der Waals surface area contributed by atoms with Gasteiger partial charge in [-0.15, -0.1) is 0 Å². The zero-order chi connectivity index (χ0) is 18.4. The lowest BCUT2D eigenvalue weighted by Crippen LogP contribution is -2.36. The number of para-hydroxylation sites is 1. The SMILES string of the molecule is Cc1cccc(C)c1NC(=O)CN(C)CC(=O)Nc1cccc(F)c1. The Bertz CT molecular complexity index is 757. The number of hydrogen-bond acceptors (Lipinski definition) is 3. The van der Waals surface area contributed by atoms with Crippen LogP contribution in [0.2, 0.25) is 0 Å². The van der Waals surface area contributed by atoms with Crippen molar-refractivity contribution in [2.75, 3.05) is 30.8 Å². The maximum atomic E-state index is 13.1. The van der Waals surface area contributed by atoms with Crippen molar-refractivity contribution in [3.05, 3.63) is 59.4 Å². The highest BCUT2D eigenvalue weighted by molar-refractivity contribution is 5.95. The van der Waals surface area contributed by atoms with E-state index in [1.54, 1.807) is 18.0 Å². The first-order chi connectivity index (χ1) is 11.8. The molecule has 0 saturated carbocycles. The molecule has 132 valence electrons. The Morgan fingerprint density at radius 1 is 0.960 bits per heavy atom. The number of hydrogen-bond donors (Lipinski definition) is 2. The normalized spacial score (nSPS) is 10.6. The molecule has 2 N–H and O–H groups in total. The summed E-state index contributed by atoms with van der Waals surface area (Å²) >= 11 is 0. The number of halogens is 1. The molecule has 6 heteroatoms. The van der Waals surface area contributed by atoms with Gasteiger partial charge >= 0.3 is 0 Å². The minimum absolute atomic E-state index is 0.0245.